The van der Waals surface area contributed by atoms with Gasteiger partial charge < -0.3 is 9.72 Å². The van der Waals surface area contributed by atoms with Crippen LogP contribution in [0.2, 0.25) is 0 Å². The van der Waals surface area contributed by atoms with Crippen LogP contribution in [0.5, 0.6) is 0 Å². The summed E-state index contributed by atoms with van der Waals surface area (Å²) in [5.41, 5.74) is 2.50. The first-order chi connectivity index (χ1) is 10.5. The minimum Gasteiger partial charge on any atom is -0.371 e. The Morgan fingerprint density at radius 1 is 1.23 bits per heavy atom. The Kier molecular flexibility index (Phi) is 4.32. The van der Waals surface area contributed by atoms with Crippen molar-refractivity contribution in [3.8, 4) is 0 Å². The van der Waals surface area contributed by atoms with Crippen LogP contribution in [0.1, 0.15) is 37.9 Å². The molecule has 1 aliphatic heterocycles. The molecule has 0 radical (unpaired) electrons. The molecule has 0 saturated carbocycles. The van der Waals surface area contributed by atoms with Crippen LogP contribution in [0.15, 0.2) is 36.5 Å². The fraction of sp³-hybridized carbons (Fsp3) is 0.500. The first-order valence-corrected chi connectivity index (χ1v) is 7.93. The smallest absolute Gasteiger partial charge is 0.111 e. The highest BCUT2D eigenvalue weighted by Gasteiger charge is 2.28. The lowest BCUT2D eigenvalue weighted by atomic mass is 9.96. The van der Waals surface area contributed by atoms with Gasteiger partial charge in [-0.15, -0.1) is 0 Å². The van der Waals surface area contributed by atoms with Gasteiger partial charge >= 0.3 is 0 Å². The van der Waals surface area contributed by atoms with Gasteiger partial charge in [0.15, 0.2) is 0 Å². The zero-order chi connectivity index (χ0) is 15.6. The first kappa shape index (κ1) is 15.3. The SMILES string of the molecule is CC(C)(C)c1ncc(CN2CC(OCc3ccccc3)C2)[nH]1. The number of imidazole rings is 1. The van der Waals surface area contributed by atoms with E-state index < -0.39 is 0 Å². The number of hydrogen-bond donors (Lipinski definition) is 1. The van der Waals surface area contributed by atoms with Crippen molar-refractivity contribution < 1.29 is 4.74 Å². The van der Waals surface area contributed by atoms with Gasteiger partial charge in [-0.2, -0.15) is 0 Å². The van der Waals surface area contributed by atoms with Crippen molar-refractivity contribution in [3.63, 3.8) is 0 Å². The van der Waals surface area contributed by atoms with E-state index in [-0.39, 0.29) is 5.41 Å². The molecular formula is C18H25N3O. The van der Waals surface area contributed by atoms with E-state index in [4.69, 9.17) is 4.74 Å². The van der Waals surface area contributed by atoms with Gasteiger partial charge in [0.1, 0.15) is 5.82 Å². The molecule has 4 heteroatoms. The number of benzene rings is 1. The van der Waals surface area contributed by atoms with Crippen molar-refractivity contribution in [2.24, 2.45) is 0 Å². The summed E-state index contributed by atoms with van der Waals surface area (Å²) in [5.74, 6) is 1.06. The second-order valence-electron chi connectivity index (χ2n) is 7.12. The molecule has 0 atom stereocenters. The van der Waals surface area contributed by atoms with E-state index in [0.29, 0.717) is 12.7 Å². The van der Waals surface area contributed by atoms with Crippen LogP contribution in [-0.2, 0) is 23.3 Å². The summed E-state index contributed by atoms with van der Waals surface area (Å²) in [6, 6.07) is 10.3. The number of aromatic amines is 1. The third-order valence-corrected chi connectivity index (χ3v) is 3.99. The molecule has 0 unspecified atom stereocenters. The molecule has 0 bridgehead atoms. The highest BCUT2D eigenvalue weighted by atomic mass is 16.5. The number of ether oxygens (including phenoxy) is 1. The van der Waals surface area contributed by atoms with E-state index in [2.05, 4.69) is 59.9 Å². The number of H-pyrrole nitrogens is 1. The van der Waals surface area contributed by atoms with Crippen molar-refractivity contribution in [2.45, 2.75) is 45.4 Å². The molecular weight excluding hydrogens is 274 g/mol. The lowest BCUT2D eigenvalue weighted by molar-refractivity contribution is -0.0662. The van der Waals surface area contributed by atoms with Gasteiger partial charge in [0, 0.05) is 36.9 Å². The van der Waals surface area contributed by atoms with Gasteiger partial charge in [-0.3, -0.25) is 4.90 Å². The van der Waals surface area contributed by atoms with Crippen LogP contribution >= 0.6 is 0 Å². The largest absolute Gasteiger partial charge is 0.371 e. The predicted molar refractivity (Wildman–Crippen MR) is 87.6 cm³/mol. The van der Waals surface area contributed by atoms with Gasteiger partial charge in [-0.05, 0) is 5.56 Å². The van der Waals surface area contributed by atoms with Crippen molar-refractivity contribution in [3.05, 3.63) is 53.6 Å². The third kappa shape index (κ3) is 3.76. The summed E-state index contributed by atoms with van der Waals surface area (Å²) >= 11 is 0. The lowest BCUT2D eigenvalue weighted by Gasteiger charge is -2.38. The molecule has 0 aliphatic carbocycles. The van der Waals surface area contributed by atoms with Crippen LogP contribution in [0.25, 0.3) is 0 Å². The van der Waals surface area contributed by atoms with E-state index in [1.165, 1.54) is 11.3 Å². The van der Waals surface area contributed by atoms with Gasteiger partial charge in [0.25, 0.3) is 0 Å². The van der Waals surface area contributed by atoms with Crippen molar-refractivity contribution in [1.29, 1.82) is 0 Å². The molecule has 1 saturated heterocycles. The molecule has 0 amide bonds. The van der Waals surface area contributed by atoms with E-state index in [0.717, 1.165) is 25.5 Å². The number of nitrogens with zero attached hydrogens (tertiary/aromatic N) is 2. The zero-order valence-electron chi connectivity index (χ0n) is 13.7. The Bertz CT molecular complexity index is 594. The molecule has 1 fully saturated rings. The number of nitrogens with one attached hydrogen (secondary N) is 1. The maximum absolute atomic E-state index is 5.92. The van der Waals surface area contributed by atoms with Gasteiger partial charge in [-0.1, -0.05) is 51.1 Å². The molecule has 0 spiro atoms. The lowest BCUT2D eigenvalue weighted by Crippen LogP contribution is -2.51. The molecule has 1 aromatic carbocycles. The summed E-state index contributed by atoms with van der Waals surface area (Å²) in [4.78, 5) is 10.3. The maximum atomic E-state index is 5.92. The average Bonchev–Trinajstić information content (AvgIpc) is 2.91. The number of hydrogen-bond acceptors (Lipinski definition) is 3. The van der Waals surface area contributed by atoms with E-state index in [9.17, 15) is 0 Å². The monoisotopic (exact) mass is 299 g/mol. The van der Waals surface area contributed by atoms with Crippen LogP contribution < -0.4 is 0 Å². The number of likely N-dealkylation sites (tertiary alicyclic amines) is 1. The van der Waals surface area contributed by atoms with E-state index >= 15 is 0 Å². The predicted octanol–water partition coefficient (Wildman–Crippen LogP) is 3.11. The Morgan fingerprint density at radius 3 is 2.59 bits per heavy atom. The second-order valence-corrected chi connectivity index (χ2v) is 7.12. The quantitative estimate of drug-likeness (QED) is 0.922. The van der Waals surface area contributed by atoms with Crippen LogP contribution in [0.4, 0.5) is 0 Å². The number of aromatic nitrogens is 2. The fourth-order valence-corrected chi connectivity index (χ4v) is 2.61. The number of rotatable bonds is 5. The second kappa shape index (κ2) is 6.23. The Hall–Kier alpha value is -1.65. The molecule has 3 rings (SSSR count). The first-order valence-electron chi connectivity index (χ1n) is 7.93. The standard InChI is InChI=1S/C18H25N3O/c1-18(2,3)17-19-9-15(20-17)10-21-11-16(12-21)22-13-14-7-5-4-6-8-14/h4-9,16H,10-13H2,1-3H3,(H,19,20). The minimum atomic E-state index is 0.0779. The summed E-state index contributed by atoms with van der Waals surface area (Å²) in [6.07, 6.45) is 2.31. The van der Waals surface area contributed by atoms with Gasteiger partial charge in [0.05, 0.1) is 12.7 Å². The topological polar surface area (TPSA) is 41.2 Å². The van der Waals surface area contributed by atoms with E-state index in [1.54, 1.807) is 0 Å². The molecule has 4 nitrogen and oxygen atoms in total. The third-order valence-electron chi connectivity index (χ3n) is 3.99. The molecule has 2 aromatic rings. The molecule has 1 aromatic heterocycles. The maximum Gasteiger partial charge on any atom is 0.111 e. The van der Waals surface area contributed by atoms with Crippen LogP contribution in [-0.4, -0.2) is 34.1 Å². The van der Waals surface area contributed by atoms with Crippen LogP contribution in [0, 0.1) is 0 Å². The molecule has 1 N–H and O–H groups in total. The molecule has 1 aliphatic rings. The van der Waals surface area contributed by atoms with Crippen molar-refractivity contribution in [1.82, 2.24) is 14.9 Å². The highest BCUT2D eigenvalue weighted by Crippen LogP contribution is 2.21. The minimum absolute atomic E-state index is 0.0779. The zero-order valence-corrected chi connectivity index (χ0v) is 13.7. The van der Waals surface area contributed by atoms with E-state index in [1.807, 2.05) is 12.3 Å². The molecule has 2 heterocycles. The van der Waals surface area contributed by atoms with Crippen molar-refractivity contribution in [2.75, 3.05) is 13.1 Å². The Balaban J connectivity index is 1.41. The summed E-state index contributed by atoms with van der Waals surface area (Å²) in [5, 5.41) is 0. The van der Waals surface area contributed by atoms with Gasteiger partial charge in [-0.25, -0.2) is 4.98 Å². The molecule has 22 heavy (non-hydrogen) atoms. The average molecular weight is 299 g/mol. The normalized spacial score (nSPS) is 16.7. The Labute approximate surface area is 132 Å². The highest BCUT2D eigenvalue weighted by molar-refractivity contribution is 5.13. The summed E-state index contributed by atoms with van der Waals surface area (Å²) in [7, 11) is 0. The van der Waals surface area contributed by atoms with Gasteiger partial charge in [0.2, 0.25) is 0 Å². The molecule has 118 valence electrons. The van der Waals surface area contributed by atoms with Crippen molar-refractivity contribution >= 4 is 0 Å². The summed E-state index contributed by atoms with van der Waals surface area (Å²) in [6.45, 7) is 10.1. The van der Waals surface area contributed by atoms with Crippen LogP contribution in [0.3, 0.4) is 0 Å². The fourth-order valence-electron chi connectivity index (χ4n) is 2.61. The summed E-state index contributed by atoms with van der Waals surface area (Å²) < 4.78 is 5.92. The Morgan fingerprint density at radius 2 is 1.95 bits per heavy atom.